The number of rotatable bonds is 7. The first-order chi connectivity index (χ1) is 6.69. The van der Waals surface area contributed by atoms with Crippen molar-refractivity contribution >= 4 is 5.91 Å². The van der Waals surface area contributed by atoms with Crippen molar-refractivity contribution in [3.63, 3.8) is 0 Å². The van der Waals surface area contributed by atoms with Gasteiger partial charge in [0, 0.05) is 26.1 Å². The second-order valence-electron chi connectivity index (χ2n) is 3.65. The van der Waals surface area contributed by atoms with Gasteiger partial charge in [0.25, 0.3) is 0 Å². The zero-order valence-corrected chi connectivity index (χ0v) is 9.75. The molecule has 0 aliphatic heterocycles. The van der Waals surface area contributed by atoms with E-state index in [9.17, 15) is 4.79 Å². The molecule has 0 saturated heterocycles. The van der Waals surface area contributed by atoms with Gasteiger partial charge in [-0.3, -0.25) is 4.79 Å². The van der Waals surface area contributed by atoms with E-state index in [1.807, 2.05) is 11.8 Å². The summed E-state index contributed by atoms with van der Waals surface area (Å²) in [5.41, 5.74) is 5.37. The molecule has 0 rings (SSSR count). The van der Waals surface area contributed by atoms with Gasteiger partial charge in [-0.1, -0.05) is 26.7 Å². The Kier molecular flexibility index (Phi) is 7.48. The molecule has 0 atom stereocenters. The SMILES string of the molecule is CCC(CC)CN(CC)C(=O)CCN. The van der Waals surface area contributed by atoms with E-state index in [1.165, 1.54) is 0 Å². The number of nitrogens with zero attached hydrogens (tertiary/aromatic N) is 1. The molecule has 0 aliphatic rings. The summed E-state index contributed by atoms with van der Waals surface area (Å²) in [6.07, 6.45) is 2.76. The Morgan fingerprint density at radius 2 is 1.86 bits per heavy atom. The molecule has 0 radical (unpaired) electrons. The van der Waals surface area contributed by atoms with Gasteiger partial charge in [-0.15, -0.1) is 0 Å². The number of carbonyl (C=O) groups is 1. The lowest BCUT2D eigenvalue weighted by atomic mass is 10.0. The van der Waals surface area contributed by atoms with Crippen LogP contribution in [-0.2, 0) is 4.79 Å². The third-order valence-electron chi connectivity index (χ3n) is 2.73. The van der Waals surface area contributed by atoms with Crippen molar-refractivity contribution < 1.29 is 4.79 Å². The quantitative estimate of drug-likeness (QED) is 0.679. The first-order valence-corrected chi connectivity index (χ1v) is 5.67. The highest BCUT2D eigenvalue weighted by Crippen LogP contribution is 2.10. The molecule has 1 amide bonds. The van der Waals surface area contributed by atoms with Gasteiger partial charge in [0.15, 0.2) is 0 Å². The molecule has 0 bridgehead atoms. The maximum Gasteiger partial charge on any atom is 0.223 e. The molecule has 0 spiro atoms. The highest BCUT2D eigenvalue weighted by molar-refractivity contribution is 5.76. The third-order valence-corrected chi connectivity index (χ3v) is 2.73. The van der Waals surface area contributed by atoms with Crippen LogP contribution in [0.25, 0.3) is 0 Å². The maximum atomic E-state index is 11.6. The van der Waals surface area contributed by atoms with Crippen LogP contribution < -0.4 is 5.73 Å². The van der Waals surface area contributed by atoms with E-state index in [0.29, 0.717) is 18.9 Å². The first-order valence-electron chi connectivity index (χ1n) is 5.67. The van der Waals surface area contributed by atoms with Crippen LogP contribution >= 0.6 is 0 Å². The van der Waals surface area contributed by atoms with Gasteiger partial charge in [-0.05, 0) is 12.8 Å². The molecule has 14 heavy (non-hydrogen) atoms. The van der Waals surface area contributed by atoms with Crippen LogP contribution in [-0.4, -0.2) is 30.4 Å². The minimum Gasteiger partial charge on any atom is -0.343 e. The molecule has 0 fully saturated rings. The van der Waals surface area contributed by atoms with Crippen LogP contribution in [0.5, 0.6) is 0 Å². The summed E-state index contributed by atoms with van der Waals surface area (Å²) in [5.74, 6) is 0.832. The molecule has 0 aromatic heterocycles. The van der Waals surface area contributed by atoms with Gasteiger partial charge >= 0.3 is 0 Å². The molecule has 3 nitrogen and oxygen atoms in total. The third kappa shape index (κ3) is 4.61. The smallest absolute Gasteiger partial charge is 0.223 e. The summed E-state index contributed by atoms with van der Waals surface area (Å²) >= 11 is 0. The predicted octanol–water partition coefficient (Wildman–Crippen LogP) is 1.62. The zero-order chi connectivity index (χ0) is 11.0. The van der Waals surface area contributed by atoms with Crippen molar-refractivity contribution in [2.75, 3.05) is 19.6 Å². The molecule has 0 unspecified atom stereocenters. The summed E-state index contributed by atoms with van der Waals surface area (Å²) in [5, 5.41) is 0. The Bertz CT molecular complexity index is 155. The molecule has 84 valence electrons. The summed E-state index contributed by atoms with van der Waals surface area (Å²) < 4.78 is 0. The molecule has 0 saturated carbocycles. The Balaban J connectivity index is 4.05. The number of hydrogen-bond donors (Lipinski definition) is 1. The van der Waals surface area contributed by atoms with Crippen LogP contribution in [0.15, 0.2) is 0 Å². The summed E-state index contributed by atoms with van der Waals surface area (Å²) in [6.45, 7) is 8.53. The minimum atomic E-state index is 0.196. The van der Waals surface area contributed by atoms with Gasteiger partial charge in [-0.2, -0.15) is 0 Å². The fourth-order valence-corrected chi connectivity index (χ4v) is 1.55. The molecule has 0 heterocycles. The summed E-state index contributed by atoms with van der Waals surface area (Å²) in [7, 11) is 0. The van der Waals surface area contributed by atoms with Crippen LogP contribution in [0.1, 0.15) is 40.0 Å². The zero-order valence-electron chi connectivity index (χ0n) is 9.75. The van der Waals surface area contributed by atoms with Crippen molar-refractivity contribution in [1.29, 1.82) is 0 Å². The molecular weight excluding hydrogens is 176 g/mol. The average Bonchev–Trinajstić information content (AvgIpc) is 2.20. The average molecular weight is 200 g/mol. The second-order valence-corrected chi connectivity index (χ2v) is 3.65. The number of hydrogen-bond acceptors (Lipinski definition) is 2. The van der Waals surface area contributed by atoms with Crippen LogP contribution in [0.2, 0.25) is 0 Å². The lowest BCUT2D eigenvalue weighted by Gasteiger charge is -2.25. The fraction of sp³-hybridized carbons (Fsp3) is 0.909. The topological polar surface area (TPSA) is 46.3 Å². The Morgan fingerprint density at radius 3 is 2.21 bits per heavy atom. The Morgan fingerprint density at radius 1 is 1.29 bits per heavy atom. The Labute approximate surface area is 87.6 Å². The van der Waals surface area contributed by atoms with E-state index in [0.717, 1.165) is 25.9 Å². The molecule has 0 aromatic carbocycles. The first kappa shape index (κ1) is 13.4. The number of nitrogens with two attached hydrogens (primary N) is 1. The van der Waals surface area contributed by atoms with E-state index in [4.69, 9.17) is 5.73 Å². The number of amides is 1. The van der Waals surface area contributed by atoms with Crippen LogP contribution in [0.4, 0.5) is 0 Å². The summed E-state index contributed by atoms with van der Waals surface area (Å²) in [6, 6.07) is 0. The molecule has 2 N–H and O–H groups in total. The largest absolute Gasteiger partial charge is 0.343 e. The minimum absolute atomic E-state index is 0.196. The van der Waals surface area contributed by atoms with E-state index in [-0.39, 0.29) is 5.91 Å². The standard InChI is InChI=1S/C11H24N2O/c1-4-10(5-2)9-13(6-3)11(14)7-8-12/h10H,4-9,12H2,1-3H3. The van der Waals surface area contributed by atoms with Gasteiger partial charge < -0.3 is 10.6 Å². The number of carbonyl (C=O) groups excluding carboxylic acids is 1. The Hall–Kier alpha value is -0.570. The lowest BCUT2D eigenvalue weighted by Crippen LogP contribution is -2.36. The van der Waals surface area contributed by atoms with Crippen molar-refractivity contribution in [1.82, 2.24) is 4.90 Å². The highest BCUT2D eigenvalue weighted by Gasteiger charge is 2.14. The summed E-state index contributed by atoms with van der Waals surface area (Å²) in [4.78, 5) is 13.5. The van der Waals surface area contributed by atoms with E-state index in [2.05, 4.69) is 13.8 Å². The predicted molar refractivity (Wildman–Crippen MR) is 60.0 cm³/mol. The van der Waals surface area contributed by atoms with Gasteiger partial charge in [0.1, 0.15) is 0 Å². The van der Waals surface area contributed by atoms with Gasteiger partial charge in [-0.25, -0.2) is 0 Å². The molecule has 0 aromatic rings. The fourth-order valence-electron chi connectivity index (χ4n) is 1.55. The normalized spacial score (nSPS) is 10.6. The van der Waals surface area contributed by atoms with Crippen molar-refractivity contribution in [3.05, 3.63) is 0 Å². The molecule has 3 heteroatoms. The van der Waals surface area contributed by atoms with E-state index < -0.39 is 0 Å². The van der Waals surface area contributed by atoms with Gasteiger partial charge in [0.05, 0.1) is 0 Å². The van der Waals surface area contributed by atoms with Crippen LogP contribution in [0.3, 0.4) is 0 Å². The lowest BCUT2D eigenvalue weighted by molar-refractivity contribution is -0.131. The highest BCUT2D eigenvalue weighted by atomic mass is 16.2. The van der Waals surface area contributed by atoms with E-state index in [1.54, 1.807) is 0 Å². The monoisotopic (exact) mass is 200 g/mol. The van der Waals surface area contributed by atoms with Crippen molar-refractivity contribution in [2.45, 2.75) is 40.0 Å². The second kappa shape index (κ2) is 7.80. The van der Waals surface area contributed by atoms with Gasteiger partial charge in [0.2, 0.25) is 5.91 Å². The molecule has 0 aliphatic carbocycles. The van der Waals surface area contributed by atoms with E-state index >= 15 is 0 Å². The van der Waals surface area contributed by atoms with Crippen molar-refractivity contribution in [3.8, 4) is 0 Å². The maximum absolute atomic E-state index is 11.6. The molecular formula is C11H24N2O. The van der Waals surface area contributed by atoms with Crippen molar-refractivity contribution in [2.24, 2.45) is 11.7 Å². The van der Waals surface area contributed by atoms with Crippen LogP contribution in [0, 0.1) is 5.92 Å².